The first-order chi connectivity index (χ1) is 9.91. The van der Waals surface area contributed by atoms with E-state index in [-0.39, 0.29) is 138 Å². The summed E-state index contributed by atoms with van der Waals surface area (Å²) in [5.41, 5.74) is 0. The first-order valence-corrected chi connectivity index (χ1v) is 6.14. The SMILES string of the molecule is C.C=C.C=C.[CH-]=C.[CH-]=C.[CH2-]C.[CH2-]C.[CH2-]C.[CH2-]C.[CH2-]CC[CH2-].[Y].[Y].[Y].[Y]. The van der Waals surface area contributed by atoms with Crippen LogP contribution in [-0.4, -0.2) is 0 Å². The smallest absolute Gasteiger partial charge is 0 e. The van der Waals surface area contributed by atoms with Crippen molar-refractivity contribution in [2.24, 2.45) is 0 Å². The van der Waals surface area contributed by atoms with Gasteiger partial charge in [-0.25, -0.2) is 12.8 Å². The summed E-state index contributed by atoms with van der Waals surface area (Å²) in [6, 6.07) is 0. The minimum atomic E-state index is 0. The van der Waals surface area contributed by atoms with E-state index in [1.807, 2.05) is 0 Å². The van der Waals surface area contributed by atoms with E-state index in [0.717, 1.165) is 12.8 Å². The van der Waals surface area contributed by atoms with Gasteiger partial charge in [0.05, 0.1) is 0 Å². The molecule has 4 radical (unpaired) electrons. The normalized spacial score (nSPS) is 2.80. The molecule has 0 aromatic carbocycles. The summed E-state index contributed by atoms with van der Waals surface area (Å²) in [4.78, 5) is 0. The maximum atomic E-state index is 4.25. The molecule has 0 aliphatic carbocycles. The Morgan fingerprint density at radius 1 is 0.480 bits per heavy atom. The molecule has 0 saturated heterocycles. The van der Waals surface area contributed by atoms with Crippen LogP contribution in [0.3, 0.4) is 0 Å². The van der Waals surface area contributed by atoms with E-state index in [4.69, 9.17) is 0 Å². The van der Waals surface area contributed by atoms with Crippen LogP contribution in [0.2, 0.25) is 0 Å². The molecular formula is C21H46Y4-8. The fourth-order valence-electron chi connectivity index (χ4n) is 0. The minimum Gasteiger partial charge on any atom is -0.521 e. The maximum Gasteiger partial charge on any atom is 0 e. The van der Waals surface area contributed by atoms with E-state index in [9.17, 15) is 0 Å². The van der Waals surface area contributed by atoms with Gasteiger partial charge in [0.15, 0.2) is 0 Å². The standard InChI is InChI=1S/C4H8.4C2H5.2C2H4.2C2H3.CH4.4Y/c1-3-4-2;8*1-2;;;;;/h1-4H2;4*1H2,2H3;2*1-2H2;2*1H,2H2;1H4;;;;/q-2;4*-1;;;2*-1;;;;;. The largest absolute Gasteiger partial charge is 0.521 e. The first kappa shape index (κ1) is 103. The van der Waals surface area contributed by atoms with Crippen molar-refractivity contribution in [2.45, 2.75) is 48.0 Å². The van der Waals surface area contributed by atoms with E-state index in [1.54, 1.807) is 27.7 Å². The average molecular weight is 654 g/mol. The van der Waals surface area contributed by atoms with Crippen LogP contribution >= 0.6 is 0 Å². The molecule has 0 unspecified atom stereocenters. The van der Waals surface area contributed by atoms with Crippen LogP contribution in [0.1, 0.15) is 48.0 Å². The topological polar surface area (TPSA) is 0 Å². The molecule has 0 N–H and O–H groups in total. The third kappa shape index (κ3) is 921. The molecule has 0 nitrogen and oxygen atoms in total. The molecule has 0 bridgehead atoms. The van der Waals surface area contributed by atoms with Crippen LogP contribution in [-0.2, 0) is 131 Å². The molecule has 0 amide bonds. The molecule has 0 spiro atoms. The van der Waals surface area contributed by atoms with Gasteiger partial charge in [-0.15, -0.1) is 26.3 Å². The van der Waals surface area contributed by atoms with Gasteiger partial charge < -0.3 is 54.7 Å². The van der Waals surface area contributed by atoms with Crippen LogP contribution in [0.4, 0.5) is 0 Å². The predicted molar refractivity (Wildman–Crippen MR) is 113 cm³/mol. The van der Waals surface area contributed by atoms with Gasteiger partial charge in [-0.1, -0.05) is 7.43 Å². The summed E-state index contributed by atoms with van der Waals surface area (Å²) < 4.78 is 0. The Labute approximate surface area is 268 Å². The van der Waals surface area contributed by atoms with Gasteiger partial charge in [0, 0.05) is 131 Å². The second-order valence-corrected chi connectivity index (χ2v) is 0.707. The summed E-state index contributed by atoms with van der Waals surface area (Å²) in [7, 11) is 0. The molecule has 0 rings (SSSR count). The van der Waals surface area contributed by atoms with Gasteiger partial charge in [0.1, 0.15) is 0 Å². The number of rotatable bonds is 1. The summed E-state index contributed by atoms with van der Waals surface area (Å²) in [6.45, 7) is 53.1. The summed E-state index contributed by atoms with van der Waals surface area (Å²) in [6.07, 6.45) is 1.92. The van der Waals surface area contributed by atoms with Crippen molar-refractivity contribution in [2.75, 3.05) is 0 Å². The summed E-state index contributed by atoms with van der Waals surface area (Å²) in [5, 5.41) is 0. The Kier molecular flexibility index (Phi) is 2710. The maximum absolute atomic E-state index is 4.25. The Morgan fingerprint density at radius 3 is 0.520 bits per heavy atom. The molecule has 0 saturated carbocycles. The van der Waals surface area contributed by atoms with Crippen LogP contribution in [0, 0.1) is 54.7 Å². The fourth-order valence-corrected chi connectivity index (χ4v) is 0. The Bertz CT molecular complexity index is 36.9. The minimum absolute atomic E-state index is 0. The second kappa shape index (κ2) is 659. The second-order valence-electron chi connectivity index (χ2n) is 0.707. The van der Waals surface area contributed by atoms with Crippen LogP contribution in [0.15, 0.2) is 39.5 Å². The molecule has 0 heterocycles. The summed E-state index contributed by atoms with van der Waals surface area (Å²) in [5.74, 6) is 0. The third-order valence-electron chi connectivity index (χ3n) is 0.250. The van der Waals surface area contributed by atoms with E-state index < -0.39 is 0 Å². The number of unbranched alkanes of at least 4 members (excludes halogenated alkanes) is 1. The summed E-state index contributed by atoms with van der Waals surface area (Å²) >= 11 is 0. The van der Waals surface area contributed by atoms with Crippen molar-refractivity contribution < 1.29 is 131 Å². The number of hydrogen-bond acceptors (Lipinski definition) is 0. The molecule has 0 aromatic rings. The van der Waals surface area contributed by atoms with Gasteiger partial charge in [-0.2, -0.15) is 27.7 Å². The fraction of sp³-hybridized carbons (Fsp3) is 0.333. The molecule has 0 aliphatic rings. The van der Waals surface area contributed by atoms with Gasteiger partial charge in [-0.3, -0.25) is 13.2 Å². The first-order valence-electron chi connectivity index (χ1n) is 6.14. The quantitative estimate of drug-likeness (QED) is 0.198. The van der Waals surface area contributed by atoms with E-state index in [0.29, 0.717) is 0 Å². The van der Waals surface area contributed by atoms with Crippen LogP contribution < -0.4 is 0 Å². The van der Waals surface area contributed by atoms with E-state index >= 15 is 0 Å². The molecule has 25 heavy (non-hydrogen) atoms. The monoisotopic (exact) mass is 654 g/mol. The Morgan fingerprint density at radius 2 is 0.520 bits per heavy atom. The van der Waals surface area contributed by atoms with Crippen molar-refractivity contribution >= 4 is 0 Å². The van der Waals surface area contributed by atoms with Crippen molar-refractivity contribution in [1.29, 1.82) is 0 Å². The van der Waals surface area contributed by atoms with Crippen molar-refractivity contribution in [1.82, 2.24) is 0 Å². The third-order valence-corrected chi connectivity index (χ3v) is 0.250. The van der Waals surface area contributed by atoms with Crippen molar-refractivity contribution in [3.8, 4) is 0 Å². The van der Waals surface area contributed by atoms with Crippen LogP contribution in [0.5, 0.6) is 0 Å². The van der Waals surface area contributed by atoms with Gasteiger partial charge in [0.25, 0.3) is 0 Å². The van der Waals surface area contributed by atoms with Crippen molar-refractivity contribution in [3.05, 3.63) is 94.2 Å². The molecule has 4 heteroatoms. The van der Waals surface area contributed by atoms with Gasteiger partial charge in [-0.05, 0) is 0 Å². The molecule has 150 valence electrons. The zero-order valence-electron chi connectivity index (χ0n) is 17.4. The van der Waals surface area contributed by atoms with E-state index in [2.05, 4.69) is 94.2 Å². The van der Waals surface area contributed by atoms with Crippen molar-refractivity contribution in [3.63, 3.8) is 0 Å². The molecule has 0 aromatic heterocycles. The zero-order chi connectivity index (χ0) is 19.4. The molecule has 0 aliphatic heterocycles. The zero-order valence-corrected chi connectivity index (χ0v) is 28.7. The predicted octanol–water partition coefficient (Wildman–Crippen LogP) is 8.24. The Hall–Kier alpha value is 3.38. The van der Waals surface area contributed by atoms with E-state index in [1.165, 1.54) is 0 Å². The molecular weight excluding hydrogens is 608 g/mol. The van der Waals surface area contributed by atoms with Crippen LogP contribution in [0.25, 0.3) is 0 Å². The molecule has 0 fully saturated rings. The number of hydrogen-bond donors (Lipinski definition) is 0. The average Bonchev–Trinajstić information content (AvgIpc) is 2.68. The Balaban J connectivity index is -0.00000000450. The van der Waals surface area contributed by atoms with Gasteiger partial charge in [0.2, 0.25) is 0 Å². The molecule has 0 atom stereocenters. The van der Waals surface area contributed by atoms with Gasteiger partial charge >= 0.3 is 0 Å².